The lowest BCUT2D eigenvalue weighted by atomic mass is 9.51. The van der Waals surface area contributed by atoms with E-state index in [1.807, 2.05) is 6.07 Å². The monoisotopic (exact) mass is 386 g/mol. The summed E-state index contributed by atoms with van der Waals surface area (Å²) in [6.07, 6.45) is 5.82. The third-order valence-electron chi connectivity index (χ3n) is 8.18. The van der Waals surface area contributed by atoms with Crippen LogP contribution in [0.1, 0.15) is 60.8 Å². The molecule has 3 aliphatic carbocycles. The van der Waals surface area contributed by atoms with Gasteiger partial charge in [-0.1, -0.05) is 43.8 Å². The maximum absolute atomic E-state index is 13.5. The highest BCUT2D eigenvalue weighted by Crippen LogP contribution is 2.58. The highest BCUT2D eigenvalue weighted by Gasteiger charge is 2.52. The van der Waals surface area contributed by atoms with E-state index >= 15 is 0 Å². The number of allylic oxidation sites excluding steroid dienone is 1. The summed E-state index contributed by atoms with van der Waals surface area (Å²) in [6.45, 7) is 6.73. The molecule has 0 unspecified atom stereocenters. The van der Waals surface area contributed by atoms with Gasteiger partial charge in [0.25, 0.3) is 0 Å². The predicted octanol–water partition coefficient (Wildman–Crippen LogP) is 5.99. The molecule has 0 amide bonds. The smallest absolute Gasteiger partial charge is 0.143 e. The van der Waals surface area contributed by atoms with Crippen LogP contribution in [0.2, 0.25) is 0 Å². The lowest BCUT2D eigenvalue weighted by Gasteiger charge is -2.52. The van der Waals surface area contributed by atoms with Crippen molar-refractivity contribution in [2.75, 3.05) is 7.11 Å². The molecule has 0 N–H and O–H groups in total. The predicted molar refractivity (Wildman–Crippen MR) is 117 cm³/mol. The van der Waals surface area contributed by atoms with Crippen molar-refractivity contribution in [1.82, 2.24) is 0 Å². The number of Topliss-reactive ketones (excluding diaryl/α,β-unsaturated/α-hetero) is 1. The fourth-order valence-corrected chi connectivity index (χ4v) is 6.50. The summed E-state index contributed by atoms with van der Waals surface area (Å²) in [6, 6.07) is 15.0. The van der Waals surface area contributed by atoms with E-state index in [1.165, 1.54) is 22.3 Å². The van der Waals surface area contributed by atoms with Crippen LogP contribution in [0.5, 0.6) is 5.75 Å². The second-order valence-electron chi connectivity index (χ2n) is 9.50. The van der Waals surface area contributed by atoms with Gasteiger partial charge in [0.15, 0.2) is 0 Å². The molecule has 0 radical (unpaired) electrons. The first-order valence-corrected chi connectivity index (χ1v) is 11.0. The maximum atomic E-state index is 13.5. The molecule has 3 aliphatic rings. The lowest BCUT2D eigenvalue weighted by Crippen LogP contribution is -2.48. The zero-order valence-corrected chi connectivity index (χ0v) is 17.5. The number of fused-ring (bicyclic) bond motifs is 6. The fourth-order valence-electron chi connectivity index (χ4n) is 6.50. The summed E-state index contributed by atoms with van der Waals surface area (Å²) in [5.41, 5.74) is 6.27. The molecule has 0 bridgehead atoms. The number of aryl methyl sites for hydroxylation is 1. The first-order chi connectivity index (χ1) is 14.0. The van der Waals surface area contributed by atoms with Gasteiger partial charge in [0, 0.05) is 11.8 Å². The molecule has 1 saturated carbocycles. The number of hydrogen-bond donors (Lipinski definition) is 0. The van der Waals surface area contributed by atoms with Gasteiger partial charge in [0.1, 0.15) is 11.5 Å². The maximum Gasteiger partial charge on any atom is 0.143 e. The number of ether oxygens (including phenoxy) is 1. The average molecular weight is 387 g/mol. The Morgan fingerprint density at radius 2 is 1.93 bits per heavy atom. The molecular weight excluding hydrogens is 356 g/mol. The number of carbonyl (C=O) groups is 1. The topological polar surface area (TPSA) is 26.3 Å². The molecule has 2 aromatic carbocycles. The Kier molecular flexibility index (Phi) is 4.42. The van der Waals surface area contributed by atoms with Crippen molar-refractivity contribution in [1.29, 1.82) is 0 Å². The first kappa shape index (κ1) is 18.7. The van der Waals surface area contributed by atoms with Crippen LogP contribution in [0, 0.1) is 17.3 Å². The van der Waals surface area contributed by atoms with Crippen molar-refractivity contribution < 1.29 is 9.53 Å². The zero-order valence-electron chi connectivity index (χ0n) is 17.5. The minimum atomic E-state index is -0.235. The van der Waals surface area contributed by atoms with E-state index < -0.39 is 0 Å². The number of benzene rings is 2. The number of ketones is 1. The van der Waals surface area contributed by atoms with Gasteiger partial charge in [-0.05, 0) is 89.8 Å². The zero-order chi connectivity index (χ0) is 20.2. The highest BCUT2D eigenvalue weighted by molar-refractivity contribution is 5.89. The van der Waals surface area contributed by atoms with Crippen molar-refractivity contribution in [3.8, 4) is 5.75 Å². The third-order valence-corrected chi connectivity index (χ3v) is 8.18. The Labute approximate surface area is 174 Å². The molecule has 150 valence electrons. The number of carbonyl (C=O) groups excluding carboxylic acids is 1. The summed E-state index contributed by atoms with van der Waals surface area (Å²) < 4.78 is 5.45. The Bertz CT molecular complexity index is 988. The molecule has 2 nitrogen and oxygen atoms in total. The minimum absolute atomic E-state index is 0.235. The Morgan fingerprint density at radius 3 is 2.76 bits per heavy atom. The molecule has 1 fully saturated rings. The summed E-state index contributed by atoms with van der Waals surface area (Å²) in [5, 5.41) is 0. The van der Waals surface area contributed by atoms with Crippen LogP contribution in [0.25, 0.3) is 5.57 Å². The summed E-state index contributed by atoms with van der Waals surface area (Å²) in [7, 11) is 1.74. The Balaban J connectivity index is 1.55. The lowest BCUT2D eigenvalue weighted by molar-refractivity contribution is -0.135. The molecule has 0 saturated heterocycles. The quantitative estimate of drug-likeness (QED) is 0.602. The summed E-state index contributed by atoms with van der Waals surface area (Å²) in [5.74, 6) is 2.87. The molecule has 5 rings (SSSR count). The fraction of sp³-hybridized carbons (Fsp3) is 0.444. The van der Waals surface area contributed by atoms with Gasteiger partial charge in [-0.25, -0.2) is 0 Å². The van der Waals surface area contributed by atoms with Gasteiger partial charge in [-0.15, -0.1) is 0 Å². The van der Waals surface area contributed by atoms with Crippen LogP contribution in [-0.4, -0.2) is 12.9 Å². The SMILES string of the molecule is C=C1C[C@H]2[C@@H]3CCc4cc(OC)ccc4[C@H]3CC[C@]2(C)C(=O)Cc2ccccc21. The largest absolute Gasteiger partial charge is 0.497 e. The molecule has 0 aliphatic heterocycles. The van der Waals surface area contributed by atoms with E-state index in [4.69, 9.17) is 4.74 Å². The second-order valence-corrected chi connectivity index (χ2v) is 9.50. The summed E-state index contributed by atoms with van der Waals surface area (Å²) in [4.78, 5) is 13.5. The van der Waals surface area contributed by atoms with Crippen LogP contribution in [0.15, 0.2) is 49.0 Å². The molecular formula is C27H30O2. The van der Waals surface area contributed by atoms with E-state index in [9.17, 15) is 4.79 Å². The molecule has 2 aromatic rings. The van der Waals surface area contributed by atoms with Crippen LogP contribution >= 0.6 is 0 Å². The van der Waals surface area contributed by atoms with Gasteiger partial charge in [-0.3, -0.25) is 4.79 Å². The van der Waals surface area contributed by atoms with Crippen LogP contribution in [0.4, 0.5) is 0 Å². The van der Waals surface area contributed by atoms with E-state index in [2.05, 4.69) is 49.9 Å². The normalized spacial score (nSPS) is 30.9. The standard InChI is InChI=1S/C27H30O2/c1-17-14-25-24-10-8-19-15-20(29-3)9-11-22(19)23(24)12-13-27(25,2)26(28)16-18-6-4-5-7-21(17)18/h4-7,9,11,15,23-25H,1,8,10,12-14,16H2,2-3H3/t23-,24-,25+,27+/m1/s1. The summed E-state index contributed by atoms with van der Waals surface area (Å²) >= 11 is 0. The highest BCUT2D eigenvalue weighted by atomic mass is 16.5. The first-order valence-electron chi connectivity index (χ1n) is 11.0. The van der Waals surface area contributed by atoms with E-state index in [0.717, 1.165) is 43.4 Å². The van der Waals surface area contributed by atoms with Crippen molar-refractivity contribution in [2.24, 2.45) is 17.3 Å². The van der Waals surface area contributed by atoms with Crippen LogP contribution < -0.4 is 4.74 Å². The molecule has 4 atom stereocenters. The molecule has 0 heterocycles. The van der Waals surface area contributed by atoms with Crippen LogP contribution in [0.3, 0.4) is 0 Å². The van der Waals surface area contributed by atoms with Crippen molar-refractivity contribution in [3.63, 3.8) is 0 Å². The molecule has 29 heavy (non-hydrogen) atoms. The number of methoxy groups -OCH3 is 1. The average Bonchev–Trinajstić information content (AvgIpc) is 2.74. The van der Waals surface area contributed by atoms with Crippen molar-refractivity contribution in [2.45, 2.75) is 51.4 Å². The number of hydrogen-bond acceptors (Lipinski definition) is 2. The minimum Gasteiger partial charge on any atom is -0.497 e. The van der Waals surface area contributed by atoms with Gasteiger partial charge >= 0.3 is 0 Å². The van der Waals surface area contributed by atoms with E-state index in [-0.39, 0.29) is 5.41 Å². The van der Waals surface area contributed by atoms with Gasteiger partial charge in [-0.2, -0.15) is 0 Å². The second kappa shape index (κ2) is 6.86. The van der Waals surface area contributed by atoms with Gasteiger partial charge in [0.2, 0.25) is 0 Å². The Morgan fingerprint density at radius 1 is 1.10 bits per heavy atom. The van der Waals surface area contributed by atoms with Crippen molar-refractivity contribution >= 4 is 11.4 Å². The van der Waals surface area contributed by atoms with Gasteiger partial charge in [0.05, 0.1) is 7.11 Å². The molecule has 0 spiro atoms. The van der Waals surface area contributed by atoms with E-state index in [1.54, 1.807) is 7.11 Å². The third kappa shape index (κ3) is 2.87. The number of rotatable bonds is 1. The van der Waals surface area contributed by atoms with Crippen LogP contribution in [-0.2, 0) is 17.6 Å². The van der Waals surface area contributed by atoms with Crippen molar-refractivity contribution in [3.05, 3.63) is 71.3 Å². The molecule has 0 aromatic heterocycles. The Hall–Kier alpha value is -2.35. The van der Waals surface area contributed by atoms with E-state index in [0.29, 0.717) is 30.0 Å². The molecule has 2 heteroatoms. The van der Waals surface area contributed by atoms with Gasteiger partial charge < -0.3 is 4.74 Å².